The van der Waals surface area contributed by atoms with Crippen LogP contribution in [0.25, 0.3) is 10.1 Å². The molecule has 0 amide bonds. The van der Waals surface area contributed by atoms with Crippen molar-refractivity contribution in [1.82, 2.24) is 9.88 Å². The Kier molecular flexibility index (Phi) is 3.74. The third kappa shape index (κ3) is 2.51. The standard InChI is InChI=1S/C12H17N3S/c1-3-15(2)8-7-14-12-10-5-9-16-11(10)4-6-13-12/h4-6,9H,3,7-8H2,1-2H3,(H,13,14). The first-order valence-electron chi connectivity index (χ1n) is 5.56. The van der Waals surface area contributed by atoms with Crippen molar-refractivity contribution in [2.24, 2.45) is 0 Å². The summed E-state index contributed by atoms with van der Waals surface area (Å²) >= 11 is 1.76. The highest BCUT2D eigenvalue weighted by molar-refractivity contribution is 7.17. The molecule has 2 aromatic rings. The lowest BCUT2D eigenvalue weighted by molar-refractivity contribution is 0.367. The van der Waals surface area contributed by atoms with Crippen LogP contribution in [0.2, 0.25) is 0 Å². The van der Waals surface area contributed by atoms with Crippen LogP contribution < -0.4 is 5.32 Å². The Balaban J connectivity index is 2.01. The second kappa shape index (κ2) is 5.27. The topological polar surface area (TPSA) is 28.2 Å². The number of thiophene rings is 1. The van der Waals surface area contributed by atoms with Gasteiger partial charge in [0.05, 0.1) is 0 Å². The maximum Gasteiger partial charge on any atom is 0.134 e. The second-order valence-electron chi connectivity index (χ2n) is 3.81. The van der Waals surface area contributed by atoms with Crippen LogP contribution in [0, 0.1) is 0 Å². The molecule has 86 valence electrons. The van der Waals surface area contributed by atoms with Gasteiger partial charge in [-0.2, -0.15) is 0 Å². The molecule has 3 nitrogen and oxygen atoms in total. The number of likely N-dealkylation sites (N-methyl/N-ethyl adjacent to an activating group) is 1. The Labute approximate surface area is 100 Å². The lowest BCUT2D eigenvalue weighted by atomic mass is 10.3. The van der Waals surface area contributed by atoms with E-state index in [1.807, 2.05) is 6.20 Å². The molecule has 0 bridgehead atoms. The minimum atomic E-state index is 0.937. The van der Waals surface area contributed by atoms with Gasteiger partial charge in [-0.3, -0.25) is 0 Å². The normalized spacial score (nSPS) is 11.2. The largest absolute Gasteiger partial charge is 0.368 e. The molecule has 0 radical (unpaired) electrons. The third-order valence-corrected chi connectivity index (χ3v) is 3.59. The summed E-state index contributed by atoms with van der Waals surface area (Å²) in [4.78, 5) is 6.66. The lowest BCUT2D eigenvalue weighted by Gasteiger charge is -2.14. The van der Waals surface area contributed by atoms with Crippen LogP contribution in [0.5, 0.6) is 0 Å². The van der Waals surface area contributed by atoms with E-state index in [0.29, 0.717) is 0 Å². The fraction of sp³-hybridized carbons (Fsp3) is 0.417. The monoisotopic (exact) mass is 235 g/mol. The molecule has 0 atom stereocenters. The van der Waals surface area contributed by atoms with E-state index in [2.05, 4.69) is 46.7 Å². The molecule has 0 aliphatic carbocycles. The van der Waals surface area contributed by atoms with Crippen molar-refractivity contribution in [2.45, 2.75) is 6.92 Å². The average Bonchev–Trinajstić information content (AvgIpc) is 2.77. The quantitative estimate of drug-likeness (QED) is 0.863. The van der Waals surface area contributed by atoms with Crippen molar-refractivity contribution in [2.75, 3.05) is 32.0 Å². The van der Waals surface area contributed by atoms with Gasteiger partial charge >= 0.3 is 0 Å². The molecule has 0 saturated carbocycles. The first-order chi connectivity index (χ1) is 7.81. The van der Waals surface area contributed by atoms with Crippen LogP contribution in [0.3, 0.4) is 0 Å². The Morgan fingerprint density at radius 1 is 1.44 bits per heavy atom. The van der Waals surface area contributed by atoms with Crippen molar-refractivity contribution in [3.63, 3.8) is 0 Å². The zero-order chi connectivity index (χ0) is 11.4. The Morgan fingerprint density at radius 3 is 3.12 bits per heavy atom. The molecule has 2 rings (SSSR count). The molecule has 16 heavy (non-hydrogen) atoms. The number of hydrogen-bond acceptors (Lipinski definition) is 4. The summed E-state index contributed by atoms with van der Waals surface area (Å²) in [5.74, 6) is 1.00. The summed E-state index contributed by atoms with van der Waals surface area (Å²) in [6.07, 6.45) is 1.87. The summed E-state index contributed by atoms with van der Waals surface area (Å²) in [6, 6.07) is 4.18. The number of nitrogens with one attached hydrogen (secondary N) is 1. The van der Waals surface area contributed by atoms with Gasteiger partial charge in [-0.1, -0.05) is 6.92 Å². The molecule has 2 aromatic heterocycles. The van der Waals surface area contributed by atoms with E-state index >= 15 is 0 Å². The first-order valence-corrected chi connectivity index (χ1v) is 6.44. The van der Waals surface area contributed by atoms with E-state index < -0.39 is 0 Å². The lowest BCUT2D eigenvalue weighted by Crippen LogP contribution is -2.24. The number of rotatable bonds is 5. The summed E-state index contributed by atoms with van der Waals surface area (Å²) in [7, 11) is 2.13. The zero-order valence-corrected chi connectivity index (χ0v) is 10.5. The van der Waals surface area contributed by atoms with Crippen molar-refractivity contribution < 1.29 is 0 Å². The van der Waals surface area contributed by atoms with E-state index in [9.17, 15) is 0 Å². The van der Waals surface area contributed by atoms with E-state index in [-0.39, 0.29) is 0 Å². The molecule has 1 N–H and O–H groups in total. The molecule has 0 aliphatic heterocycles. The Bertz CT molecular complexity index is 452. The van der Waals surface area contributed by atoms with Crippen molar-refractivity contribution in [1.29, 1.82) is 0 Å². The molecule has 0 spiro atoms. The van der Waals surface area contributed by atoms with Gasteiger partial charge in [-0.25, -0.2) is 4.98 Å². The summed E-state index contributed by atoms with van der Waals surface area (Å²) in [5.41, 5.74) is 0. The van der Waals surface area contributed by atoms with Crippen LogP contribution in [-0.4, -0.2) is 36.6 Å². The maximum absolute atomic E-state index is 4.38. The van der Waals surface area contributed by atoms with Gasteiger partial charge in [0.15, 0.2) is 0 Å². The SMILES string of the molecule is CCN(C)CCNc1nccc2sccc12. The third-order valence-electron chi connectivity index (χ3n) is 2.71. The molecule has 0 aromatic carbocycles. The first kappa shape index (κ1) is 11.4. The second-order valence-corrected chi connectivity index (χ2v) is 4.76. The summed E-state index contributed by atoms with van der Waals surface area (Å²) in [5, 5.41) is 6.73. The number of nitrogens with zero attached hydrogens (tertiary/aromatic N) is 2. The molecular formula is C12H17N3S. The fourth-order valence-corrected chi connectivity index (χ4v) is 2.34. The van der Waals surface area contributed by atoms with Crippen molar-refractivity contribution in [3.8, 4) is 0 Å². The predicted octanol–water partition coefficient (Wildman–Crippen LogP) is 2.66. The number of pyridine rings is 1. The van der Waals surface area contributed by atoms with Crippen LogP contribution in [0.1, 0.15) is 6.92 Å². The van der Waals surface area contributed by atoms with Gasteiger partial charge in [-0.15, -0.1) is 11.3 Å². The van der Waals surface area contributed by atoms with Gasteiger partial charge in [0, 0.05) is 29.4 Å². The number of anilines is 1. The van der Waals surface area contributed by atoms with Crippen LogP contribution in [0.4, 0.5) is 5.82 Å². The Hall–Kier alpha value is -1.13. The van der Waals surface area contributed by atoms with Gasteiger partial charge in [0.2, 0.25) is 0 Å². The maximum atomic E-state index is 4.38. The van der Waals surface area contributed by atoms with Gasteiger partial charge in [0.25, 0.3) is 0 Å². The van der Waals surface area contributed by atoms with Gasteiger partial charge < -0.3 is 10.2 Å². The Morgan fingerprint density at radius 2 is 2.31 bits per heavy atom. The number of aromatic nitrogens is 1. The van der Waals surface area contributed by atoms with E-state index in [4.69, 9.17) is 0 Å². The summed E-state index contributed by atoms with van der Waals surface area (Å²) in [6.45, 7) is 5.22. The van der Waals surface area contributed by atoms with Crippen molar-refractivity contribution >= 4 is 27.2 Å². The fourth-order valence-electron chi connectivity index (χ4n) is 1.56. The van der Waals surface area contributed by atoms with Crippen LogP contribution >= 0.6 is 11.3 Å². The average molecular weight is 235 g/mol. The molecule has 0 aliphatic rings. The van der Waals surface area contributed by atoms with Gasteiger partial charge in [0.1, 0.15) is 5.82 Å². The van der Waals surface area contributed by atoms with Crippen molar-refractivity contribution in [3.05, 3.63) is 23.7 Å². The highest BCUT2D eigenvalue weighted by Gasteiger charge is 2.02. The number of hydrogen-bond donors (Lipinski definition) is 1. The summed E-state index contributed by atoms with van der Waals surface area (Å²) < 4.78 is 1.29. The van der Waals surface area contributed by atoms with Crippen LogP contribution in [0.15, 0.2) is 23.7 Å². The minimum Gasteiger partial charge on any atom is -0.368 e. The molecule has 0 fully saturated rings. The molecule has 2 heterocycles. The highest BCUT2D eigenvalue weighted by atomic mass is 32.1. The molecule has 0 unspecified atom stereocenters. The minimum absolute atomic E-state index is 0.937. The smallest absolute Gasteiger partial charge is 0.134 e. The predicted molar refractivity (Wildman–Crippen MR) is 71.3 cm³/mol. The van der Waals surface area contributed by atoms with E-state index in [0.717, 1.165) is 25.5 Å². The molecule has 0 saturated heterocycles. The molecule has 4 heteroatoms. The molecular weight excluding hydrogens is 218 g/mol. The highest BCUT2D eigenvalue weighted by Crippen LogP contribution is 2.25. The van der Waals surface area contributed by atoms with E-state index in [1.54, 1.807) is 11.3 Å². The van der Waals surface area contributed by atoms with E-state index in [1.165, 1.54) is 10.1 Å². The zero-order valence-electron chi connectivity index (χ0n) is 9.73. The number of fused-ring (bicyclic) bond motifs is 1. The van der Waals surface area contributed by atoms with Crippen LogP contribution in [-0.2, 0) is 0 Å². The van der Waals surface area contributed by atoms with Gasteiger partial charge in [-0.05, 0) is 31.1 Å².